The van der Waals surface area contributed by atoms with E-state index in [1.165, 1.54) is 57.8 Å². The van der Waals surface area contributed by atoms with Gasteiger partial charge in [-0.15, -0.1) is 0 Å². The molecule has 0 saturated heterocycles. The Labute approximate surface area is 233 Å². The predicted octanol–water partition coefficient (Wildman–Crippen LogP) is 10.0. The van der Waals surface area contributed by atoms with E-state index in [0.717, 1.165) is 36.5 Å². The molecule has 1 aromatic carbocycles. The van der Waals surface area contributed by atoms with Gasteiger partial charge in [0.1, 0.15) is 6.10 Å². The molecule has 2 heteroatoms. The first-order valence-corrected chi connectivity index (χ1v) is 16.0. The maximum absolute atomic E-state index is 13.0. The van der Waals surface area contributed by atoms with Gasteiger partial charge in [0.15, 0.2) is 0 Å². The van der Waals surface area contributed by atoms with Crippen molar-refractivity contribution in [2.24, 2.45) is 45.8 Å². The van der Waals surface area contributed by atoms with E-state index in [4.69, 9.17) is 4.74 Å². The third kappa shape index (κ3) is 4.71. The maximum atomic E-state index is 13.0. The standard InChI is InChI=1S/C36H54O2/c1-24(2)12-11-13-25(3)28-17-18-29-27-16-19-31-34(4,5)32(38-33(37)26-14-9-8-10-15-26)21-23-36(31,7)30(27)20-22-35(28,29)6/h8-10,14-15,24-25,28-29,31-32H,11-13,16-23H2,1-7H3/t25-,28-,29-,31+,32+,35-,36-/m1/s1. The van der Waals surface area contributed by atoms with Crippen molar-refractivity contribution in [3.8, 4) is 0 Å². The lowest BCUT2D eigenvalue weighted by Gasteiger charge is -2.60. The van der Waals surface area contributed by atoms with Gasteiger partial charge in [-0.3, -0.25) is 0 Å². The summed E-state index contributed by atoms with van der Waals surface area (Å²) in [5.74, 6) is 3.80. The third-order valence-corrected chi connectivity index (χ3v) is 12.3. The predicted molar refractivity (Wildman–Crippen MR) is 158 cm³/mol. The number of fused-ring (bicyclic) bond motifs is 4. The van der Waals surface area contributed by atoms with Crippen molar-refractivity contribution in [3.63, 3.8) is 0 Å². The molecule has 4 aliphatic carbocycles. The molecule has 0 heterocycles. The second kappa shape index (κ2) is 10.4. The number of carbonyl (C=O) groups is 1. The van der Waals surface area contributed by atoms with Crippen molar-refractivity contribution in [3.05, 3.63) is 47.0 Å². The van der Waals surface area contributed by atoms with Gasteiger partial charge in [0.2, 0.25) is 0 Å². The highest BCUT2D eigenvalue weighted by molar-refractivity contribution is 5.89. The van der Waals surface area contributed by atoms with Crippen LogP contribution in [0.1, 0.15) is 129 Å². The summed E-state index contributed by atoms with van der Waals surface area (Å²) in [5.41, 5.74) is 5.13. The largest absolute Gasteiger partial charge is 0.458 e. The quantitative estimate of drug-likeness (QED) is 0.265. The zero-order valence-corrected chi connectivity index (χ0v) is 25.4. The molecule has 0 unspecified atom stereocenters. The number of hydrogen-bond acceptors (Lipinski definition) is 2. The molecule has 2 nitrogen and oxygen atoms in total. The Balaban J connectivity index is 1.33. The summed E-state index contributed by atoms with van der Waals surface area (Å²) in [6.45, 7) is 17.4. The average Bonchev–Trinajstić information content (AvgIpc) is 3.23. The maximum Gasteiger partial charge on any atom is 0.338 e. The number of rotatable bonds is 7. The normalized spacial score (nSPS) is 36.8. The molecule has 210 valence electrons. The molecule has 0 aliphatic heterocycles. The zero-order chi connectivity index (χ0) is 27.3. The molecule has 0 N–H and O–H groups in total. The second-order valence-corrected chi connectivity index (χ2v) is 15.2. The molecule has 5 rings (SSSR count). The molecule has 0 aromatic heterocycles. The number of benzene rings is 1. The van der Waals surface area contributed by atoms with Gasteiger partial charge in [-0.1, -0.05) is 97.1 Å². The molecule has 0 amide bonds. The number of esters is 1. The molecule has 0 spiro atoms. The molecule has 4 aliphatic rings. The van der Waals surface area contributed by atoms with Gasteiger partial charge >= 0.3 is 5.97 Å². The van der Waals surface area contributed by atoms with Crippen LogP contribution in [-0.2, 0) is 4.74 Å². The summed E-state index contributed by atoms with van der Waals surface area (Å²) in [5, 5.41) is 0. The van der Waals surface area contributed by atoms with Crippen molar-refractivity contribution < 1.29 is 9.53 Å². The molecule has 1 aromatic rings. The first-order valence-electron chi connectivity index (χ1n) is 16.0. The van der Waals surface area contributed by atoms with Crippen LogP contribution in [0.25, 0.3) is 0 Å². The van der Waals surface area contributed by atoms with Gasteiger partial charge in [0.05, 0.1) is 5.56 Å². The van der Waals surface area contributed by atoms with Gasteiger partial charge in [0, 0.05) is 5.41 Å². The minimum atomic E-state index is -0.157. The zero-order valence-electron chi connectivity index (χ0n) is 25.4. The van der Waals surface area contributed by atoms with Crippen LogP contribution in [0, 0.1) is 45.8 Å². The van der Waals surface area contributed by atoms with Crippen LogP contribution < -0.4 is 0 Å². The minimum absolute atomic E-state index is 0.00756. The molecule has 2 saturated carbocycles. The van der Waals surface area contributed by atoms with Crippen LogP contribution in [0.5, 0.6) is 0 Å². The molecular weight excluding hydrogens is 464 g/mol. The van der Waals surface area contributed by atoms with Gasteiger partial charge in [-0.2, -0.15) is 0 Å². The highest BCUT2D eigenvalue weighted by Crippen LogP contribution is 2.68. The van der Waals surface area contributed by atoms with Gasteiger partial charge in [-0.25, -0.2) is 4.79 Å². The van der Waals surface area contributed by atoms with Crippen molar-refractivity contribution >= 4 is 5.97 Å². The highest BCUT2D eigenvalue weighted by atomic mass is 16.5. The average molecular weight is 519 g/mol. The fourth-order valence-corrected chi connectivity index (χ4v) is 10.3. The Morgan fingerprint density at radius 2 is 1.66 bits per heavy atom. The van der Waals surface area contributed by atoms with Crippen LogP contribution in [0.2, 0.25) is 0 Å². The van der Waals surface area contributed by atoms with Crippen LogP contribution in [-0.4, -0.2) is 12.1 Å². The van der Waals surface area contributed by atoms with Gasteiger partial charge < -0.3 is 4.74 Å². The van der Waals surface area contributed by atoms with Gasteiger partial charge in [0.25, 0.3) is 0 Å². The molecule has 0 radical (unpaired) electrons. The van der Waals surface area contributed by atoms with Crippen LogP contribution in [0.15, 0.2) is 41.5 Å². The highest BCUT2D eigenvalue weighted by Gasteiger charge is 2.59. The first kappa shape index (κ1) is 28.0. The monoisotopic (exact) mass is 518 g/mol. The lowest BCUT2D eigenvalue weighted by atomic mass is 9.45. The Hall–Kier alpha value is -1.57. The summed E-state index contributed by atoms with van der Waals surface area (Å²) >= 11 is 0. The van der Waals surface area contributed by atoms with E-state index in [1.54, 1.807) is 0 Å². The topological polar surface area (TPSA) is 26.3 Å². The smallest absolute Gasteiger partial charge is 0.338 e. The summed E-state index contributed by atoms with van der Waals surface area (Å²) < 4.78 is 6.24. The number of allylic oxidation sites excluding steroid dienone is 2. The van der Waals surface area contributed by atoms with E-state index < -0.39 is 0 Å². The molecule has 38 heavy (non-hydrogen) atoms. The fraction of sp³-hybridized carbons (Fsp3) is 0.750. The van der Waals surface area contributed by atoms with E-state index in [0.29, 0.717) is 16.9 Å². The fourth-order valence-electron chi connectivity index (χ4n) is 10.3. The van der Waals surface area contributed by atoms with Gasteiger partial charge in [-0.05, 0) is 104 Å². The van der Waals surface area contributed by atoms with Crippen molar-refractivity contribution in [2.45, 2.75) is 125 Å². The van der Waals surface area contributed by atoms with E-state index in [1.807, 2.05) is 41.5 Å². The summed E-state index contributed by atoms with van der Waals surface area (Å²) in [6.07, 6.45) is 14.4. The van der Waals surface area contributed by atoms with Crippen molar-refractivity contribution in [1.82, 2.24) is 0 Å². The molecule has 7 atom stereocenters. The summed E-state index contributed by atoms with van der Waals surface area (Å²) in [4.78, 5) is 13.0. The summed E-state index contributed by atoms with van der Waals surface area (Å²) in [6, 6.07) is 9.55. The van der Waals surface area contributed by atoms with E-state index >= 15 is 0 Å². The Morgan fingerprint density at radius 3 is 2.37 bits per heavy atom. The molecule has 0 bridgehead atoms. The van der Waals surface area contributed by atoms with E-state index in [-0.39, 0.29) is 22.9 Å². The number of ether oxygens (including phenoxy) is 1. The molecule has 2 fully saturated rings. The van der Waals surface area contributed by atoms with Crippen LogP contribution >= 0.6 is 0 Å². The number of hydrogen-bond donors (Lipinski definition) is 0. The number of carbonyl (C=O) groups excluding carboxylic acids is 1. The van der Waals surface area contributed by atoms with Crippen molar-refractivity contribution in [1.29, 1.82) is 0 Å². The Morgan fingerprint density at radius 1 is 0.921 bits per heavy atom. The lowest BCUT2D eigenvalue weighted by molar-refractivity contribution is -0.101. The Kier molecular flexibility index (Phi) is 7.69. The molecular formula is C36H54O2. The van der Waals surface area contributed by atoms with E-state index in [9.17, 15) is 4.79 Å². The second-order valence-electron chi connectivity index (χ2n) is 15.2. The van der Waals surface area contributed by atoms with Crippen LogP contribution in [0.4, 0.5) is 0 Å². The SMILES string of the molecule is CC(C)CCC[C@@H](C)[C@H]1CC[C@@H]2C3=C(CC[C@@]21C)[C@@]1(C)CC[C@H](OC(=O)c2ccccc2)C(C)(C)[C@@H]1CC3. The van der Waals surface area contributed by atoms with Crippen LogP contribution in [0.3, 0.4) is 0 Å². The first-order chi connectivity index (χ1) is 18.0. The lowest BCUT2D eigenvalue weighted by Crippen LogP contribution is -2.54. The minimum Gasteiger partial charge on any atom is -0.458 e. The van der Waals surface area contributed by atoms with Crippen molar-refractivity contribution in [2.75, 3.05) is 0 Å². The third-order valence-electron chi connectivity index (χ3n) is 12.3. The Bertz CT molecular complexity index is 1030. The van der Waals surface area contributed by atoms with E-state index in [2.05, 4.69) is 48.5 Å². The summed E-state index contributed by atoms with van der Waals surface area (Å²) in [7, 11) is 0.